The molecule has 32 heavy (non-hydrogen) atoms. The van der Waals surface area contributed by atoms with Gasteiger partial charge in [-0.05, 0) is 63.0 Å². The number of nitrogens with zero attached hydrogens (tertiary/aromatic N) is 3. The van der Waals surface area contributed by atoms with Crippen molar-refractivity contribution in [3.63, 3.8) is 0 Å². The molecule has 0 saturated carbocycles. The predicted molar refractivity (Wildman–Crippen MR) is 134 cm³/mol. The molecular formula is C27H34N4O. The van der Waals surface area contributed by atoms with E-state index in [-0.39, 0.29) is 12.0 Å². The molecule has 2 heterocycles. The Morgan fingerprint density at radius 1 is 1.25 bits per heavy atom. The van der Waals surface area contributed by atoms with Gasteiger partial charge in [0.15, 0.2) is 0 Å². The molecule has 0 fully saturated rings. The van der Waals surface area contributed by atoms with Gasteiger partial charge < -0.3 is 4.42 Å². The van der Waals surface area contributed by atoms with Crippen LogP contribution < -0.4 is 5.43 Å². The average molecular weight is 431 g/mol. The topological polar surface area (TPSA) is 53.1 Å². The van der Waals surface area contributed by atoms with Crippen molar-refractivity contribution in [3.05, 3.63) is 95.2 Å². The molecule has 3 rings (SSSR count). The van der Waals surface area contributed by atoms with E-state index >= 15 is 0 Å². The Balaban J connectivity index is 1.95. The van der Waals surface area contributed by atoms with Gasteiger partial charge in [-0.2, -0.15) is 0 Å². The quantitative estimate of drug-likeness (QED) is 0.410. The smallest absolute Gasteiger partial charge is 0.147 e. The molecule has 168 valence electrons. The molecule has 2 aromatic rings. The monoisotopic (exact) mass is 430 g/mol. The second-order valence-corrected chi connectivity index (χ2v) is 8.42. The van der Waals surface area contributed by atoms with Crippen LogP contribution in [0.15, 0.2) is 93.0 Å². The van der Waals surface area contributed by atoms with Gasteiger partial charge in [0.25, 0.3) is 0 Å². The first-order valence-electron chi connectivity index (χ1n) is 11.2. The van der Waals surface area contributed by atoms with Crippen molar-refractivity contribution in [2.24, 2.45) is 15.9 Å². The summed E-state index contributed by atoms with van der Waals surface area (Å²) in [6.45, 7) is 10.7. The number of benzene rings is 1. The predicted octanol–water partition coefficient (Wildman–Crippen LogP) is 6.38. The molecule has 0 saturated heterocycles. The normalized spacial score (nSPS) is 18.2. The first kappa shape index (κ1) is 23.5. The second kappa shape index (κ2) is 10.9. The minimum absolute atomic E-state index is 0.111. The van der Waals surface area contributed by atoms with Crippen LogP contribution in [0.5, 0.6) is 0 Å². The van der Waals surface area contributed by atoms with E-state index in [1.807, 2.05) is 11.1 Å². The van der Waals surface area contributed by atoms with Crippen molar-refractivity contribution in [1.29, 1.82) is 0 Å². The van der Waals surface area contributed by atoms with Crippen molar-refractivity contribution in [2.75, 3.05) is 7.05 Å². The Morgan fingerprint density at radius 3 is 2.69 bits per heavy atom. The lowest BCUT2D eigenvalue weighted by Crippen LogP contribution is -2.35. The maximum Gasteiger partial charge on any atom is 0.147 e. The molecule has 1 aromatic heterocycles. The van der Waals surface area contributed by atoms with E-state index < -0.39 is 0 Å². The van der Waals surface area contributed by atoms with Crippen molar-refractivity contribution in [2.45, 2.75) is 47.1 Å². The molecule has 0 spiro atoms. The lowest BCUT2D eigenvalue weighted by atomic mass is 10.0. The number of hydrogen-bond acceptors (Lipinski definition) is 4. The summed E-state index contributed by atoms with van der Waals surface area (Å²) < 4.78 is 5.26. The molecule has 1 N–H and O–H groups in total. The number of aryl methyl sites for hydroxylation is 1. The maximum atomic E-state index is 5.26. The van der Waals surface area contributed by atoms with Gasteiger partial charge in [0.05, 0.1) is 24.3 Å². The third-order valence-corrected chi connectivity index (χ3v) is 5.47. The SMILES string of the molecule is CCC(C)/C(=C\C(=NC)c1ccoc1)N=C(C=C(C)C)N1C=CC(c2cccc(C)c2)N1. The molecule has 1 aromatic carbocycles. The summed E-state index contributed by atoms with van der Waals surface area (Å²) in [5, 5.41) is 2.01. The lowest BCUT2D eigenvalue weighted by Gasteiger charge is -2.22. The van der Waals surface area contributed by atoms with Gasteiger partial charge in [-0.1, -0.05) is 49.2 Å². The molecule has 1 aliphatic heterocycles. The molecule has 2 atom stereocenters. The van der Waals surface area contributed by atoms with Gasteiger partial charge >= 0.3 is 0 Å². The number of furan rings is 1. The maximum absolute atomic E-state index is 5.26. The summed E-state index contributed by atoms with van der Waals surface area (Å²) in [7, 11) is 1.80. The van der Waals surface area contributed by atoms with Crippen LogP contribution in [0.25, 0.3) is 0 Å². The highest BCUT2D eigenvalue weighted by Crippen LogP contribution is 2.23. The van der Waals surface area contributed by atoms with E-state index in [2.05, 4.69) is 93.7 Å². The van der Waals surface area contributed by atoms with E-state index in [4.69, 9.17) is 9.41 Å². The fourth-order valence-electron chi connectivity index (χ4n) is 3.47. The van der Waals surface area contributed by atoms with Crippen molar-refractivity contribution >= 4 is 11.5 Å². The molecule has 5 heteroatoms. The second-order valence-electron chi connectivity index (χ2n) is 8.42. The Morgan fingerprint density at radius 2 is 2.06 bits per heavy atom. The van der Waals surface area contributed by atoms with Crippen molar-refractivity contribution in [1.82, 2.24) is 10.4 Å². The number of allylic oxidation sites excluding steroid dienone is 3. The Kier molecular flexibility index (Phi) is 8.01. The summed E-state index contributed by atoms with van der Waals surface area (Å²) >= 11 is 0. The third-order valence-electron chi connectivity index (χ3n) is 5.47. The number of hydrazine groups is 1. The minimum atomic E-state index is 0.111. The summed E-state index contributed by atoms with van der Waals surface area (Å²) in [5.74, 6) is 1.13. The zero-order valence-corrected chi connectivity index (χ0v) is 20.0. The van der Waals surface area contributed by atoms with E-state index in [1.165, 1.54) is 16.7 Å². The molecule has 5 nitrogen and oxygen atoms in total. The Labute approximate surface area is 191 Å². The molecule has 0 radical (unpaired) electrons. The fraction of sp³-hybridized carbons (Fsp3) is 0.333. The van der Waals surface area contributed by atoms with Gasteiger partial charge in [0.1, 0.15) is 5.84 Å². The molecule has 1 aliphatic rings. The highest BCUT2D eigenvalue weighted by atomic mass is 16.3. The van der Waals surface area contributed by atoms with E-state index in [0.717, 1.165) is 29.2 Å². The first-order chi connectivity index (χ1) is 15.4. The van der Waals surface area contributed by atoms with Gasteiger partial charge in [0, 0.05) is 24.5 Å². The summed E-state index contributed by atoms with van der Waals surface area (Å²) in [6.07, 6.45) is 12.8. The Bertz CT molecular complexity index is 1050. The molecule has 0 aliphatic carbocycles. The Hall–Kier alpha value is -3.18. The van der Waals surface area contributed by atoms with Gasteiger partial charge in [-0.3, -0.25) is 10.0 Å². The zero-order valence-electron chi connectivity index (χ0n) is 20.0. The zero-order chi connectivity index (χ0) is 23.1. The van der Waals surface area contributed by atoms with Crippen LogP contribution in [0, 0.1) is 12.8 Å². The summed E-state index contributed by atoms with van der Waals surface area (Å²) in [6, 6.07) is 10.6. The number of amidine groups is 1. The molecule has 0 bridgehead atoms. The number of aliphatic imine (C=N–C) groups is 2. The van der Waals surface area contributed by atoms with Crippen LogP contribution in [0.1, 0.15) is 56.8 Å². The molecule has 0 amide bonds. The average Bonchev–Trinajstić information content (AvgIpc) is 3.47. The van der Waals surface area contributed by atoms with Crippen molar-refractivity contribution < 1.29 is 4.42 Å². The highest BCUT2D eigenvalue weighted by Gasteiger charge is 2.21. The van der Waals surface area contributed by atoms with Gasteiger partial charge in [-0.25, -0.2) is 10.4 Å². The van der Waals surface area contributed by atoms with Crippen LogP contribution in [0.2, 0.25) is 0 Å². The van der Waals surface area contributed by atoms with Crippen LogP contribution in [0.4, 0.5) is 0 Å². The molecule has 2 unspecified atom stereocenters. The van der Waals surface area contributed by atoms with Gasteiger partial charge in [-0.15, -0.1) is 0 Å². The number of rotatable bonds is 7. The van der Waals surface area contributed by atoms with Gasteiger partial charge in [0.2, 0.25) is 0 Å². The standard InChI is InChI=1S/C27H34N4O/c1-7-21(5)25(17-26(28-6)23-12-14-32-18-23)29-27(15-19(2)3)31-13-11-24(30-31)22-10-8-9-20(4)16-22/h8-18,21,24,30H,7H2,1-6H3/b25-17+,28-26?,29-27?. The van der Waals surface area contributed by atoms with Crippen LogP contribution in [-0.2, 0) is 0 Å². The molecular weight excluding hydrogens is 396 g/mol. The number of hydrogen-bond donors (Lipinski definition) is 1. The minimum Gasteiger partial charge on any atom is -0.472 e. The van der Waals surface area contributed by atoms with E-state index in [9.17, 15) is 0 Å². The fourth-order valence-corrected chi connectivity index (χ4v) is 3.47. The number of nitrogens with one attached hydrogen (secondary N) is 1. The van der Waals surface area contributed by atoms with Crippen molar-refractivity contribution in [3.8, 4) is 0 Å². The van der Waals surface area contributed by atoms with E-state index in [0.29, 0.717) is 0 Å². The summed E-state index contributed by atoms with van der Waals surface area (Å²) in [5.41, 5.74) is 10.0. The largest absolute Gasteiger partial charge is 0.472 e. The van der Waals surface area contributed by atoms with Crippen LogP contribution in [0.3, 0.4) is 0 Å². The third kappa shape index (κ3) is 5.95. The lowest BCUT2D eigenvalue weighted by molar-refractivity contribution is 0.408. The van der Waals surface area contributed by atoms with E-state index in [1.54, 1.807) is 19.6 Å². The van der Waals surface area contributed by atoms with Crippen LogP contribution in [-0.4, -0.2) is 23.6 Å². The first-order valence-corrected chi connectivity index (χ1v) is 11.2. The van der Waals surface area contributed by atoms with Crippen LogP contribution >= 0.6 is 0 Å². The highest BCUT2D eigenvalue weighted by molar-refractivity contribution is 6.09. The summed E-state index contributed by atoms with van der Waals surface area (Å²) in [4.78, 5) is 9.58.